The fourth-order valence-electron chi connectivity index (χ4n) is 2.39. The molecule has 1 aliphatic heterocycles. The van der Waals surface area contributed by atoms with Gasteiger partial charge in [0.05, 0.1) is 6.42 Å². The van der Waals surface area contributed by atoms with E-state index in [9.17, 15) is 9.18 Å². The maximum Gasteiger partial charge on any atom is 0.231 e. The number of nitrogens with zero attached hydrogens (tertiary/aromatic N) is 1. The maximum absolute atomic E-state index is 13.8. The van der Waals surface area contributed by atoms with Crippen LogP contribution >= 0.6 is 11.6 Å². The zero-order chi connectivity index (χ0) is 16.4. The molecule has 0 N–H and O–H groups in total. The molecule has 0 aliphatic carbocycles. The van der Waals surface area contributed by atoms with E-state index in [1.165, 1.54) is 17.0 Å². The van der Waals surface area contributed by atoms with Gasteiger partial charge in [-0.1, -0.05) is 23.7 Å². The lowest BCUT2D eigenvalue weighted by Crippen LogP contribution is -2.28. The van der Waals surface area contributed by atoms with Gasteiger partial charge in [-0.3, -0.25) is 4.79 Å². The quantitative estimate of drug-likeness (QED) is 0.859. The molecule has 0 saturated carbocycles. The van der Waals surface area contributed by atoms with E-state index < -0.39 is 5.82 Å². The summed E-state index contributed by atoms with van der Waals surface area (Å²) in [7, 11) is 1.67. The summed E-state index contributed by atoms with van der Waals surface area (Å²) in [6.07, 6.45) is -0.0768. The van der Waals surface area contributed by atoms with Crippen molar-refractivity contribution in [3.63, 3.8) is 0 Å². The summed E-state index contributed by atoms with van der Waals surface area (Å²) in [6.45, 7) is 0.598. The summed E-state index contributed by atoms with van der Waals surface area (Å²) >= 11 is 5.96. The highest BCUT2D eigenvalue weighted by Crippen LogP contribution is 2.32. The van der Waals surface area contributed by atoms with Gasteiger partial charge in [-0.15, -0.1) is 0 Å². The Hall–Kier alpha value is -2.27. The monoisotopic (exact) mass is 335 g/mol. The Morgan fingerprint density at radius 1 is 1.26 bits per heavy atom. The van der Waals surface area contributed by atoms with Crippen molar-refractivity contribution in [1.29, 1.82) is 0 Å². The van der Waals surface area contributed by atoms with Gasteiger partial charge < -0.3 is 14.4 Å². The number of benzene rings is 2. The number of hydrogen-bond acceptors (Lipinski definition) is 3. The summed E-state index contributed by atoms with van der Waals surface area (Å²) in [5.41, 5.74) is 1.13. The minimum Gasteiger partial charge on any atom is -0.454 e. The fraction of sp³-hybridized carbons (Fsp3) is 0.235. The molecule has 1 aliphatic rings. The molecule has 0 unspecified atom stereocenters. The van der Waals surface area contributed by atoms with Gasteiger partial charge >= 0.3 is 0 Å². The molecule has 1 heterocycles. The second kappa shape index (κ2) is 6.46. The molecule has 0 atom stereocenters. The van der Waals surface area contributed by atoms with Gasteiger partial charge in [0.2, 0.25) is 12.7 Å². The van der Waals surface area contributed by atoms with E-state index in [2.05, 4.69) is 0 Å². The Kier molecular flexibility index (Phi) is 4.39. The number of carbonyl (C=O) groups excluding carboxylic acids is 1. The summed E-state index contributed by atoms with van der Waals surface area (Å²) in [4.78, 5) is 13.8. The SMILES string of the molecule is CN(Cc1ccc2c(c1)OCO2)C(=O)Cc1c(F)cccc1Cl. The van der Waals surface area contributed by atoms with Crippen LogP contribution in [0.5, 0.6) is 11.5 Å². The van der Waals surface area contributed by atoms with Crippen LogP contribution in [0.25, 0.3) is 0 Å². The molecule has 0 aromatic heterocycles. The van der Waals surface area contributed by atoms with E-state index in [4.69, 9.17) is 21.1 Å². The van der Waals surface area contributed by atoms with Crippen LogP contribution in [-0.4, -0.2) is 24.6 Å². The van der Waals surface area contributed by atoms with Crippen LogP contribution in [-0.2, 0) is 17.8 Å². The summed E-state index contributed by atoms with van der Waals surface area (Å²) in [6, 6.07) is 9.90. The van der Waals surface area contributed by atoms with Crippen molar-refractivity contribution in [3.05, 3.63) is 58.4 Å². The Morgan fingerprint density at radius 2 is 2.04 bits per heavy atom. The van der Waals surface area contributed by atoms with E-state index >= 15 is 0 Å². The van der Waals surface area contributed by atoms with E-state index in [0.717, 1.165) is 5.56 Å². The van der Waals surface area contributed by atoms with Crippen molar-refractivity contribution in [2.75, 3.05) is 13.8 Å². The number of fused-ring (bicyclic) bond motifs is 1. The van der Waals surface area contributed by atoms with Crippen molar-refractivity contribution in [3.8, 4) is 11.5 Å². The molecule has 6 heteroatoms. The van der Waals surface area contributed by atoms with E-state index in [0.29, 0.717) is 18.0 Å². The molecule has 0 fully saturated rings. The third-order valence-electron chi connectivity index (χ3n) is 3.67. The largest absolute Gasteiger partial charge is 0.454 e. The molecule has 23 heavy (non-hydrogen) atoms. The zero-order valence-corrected chi connectivity index (χ0v) is 13.3. The van der Waals surface area contributed by atoms with Gasteiger partial charge in [-0.05, 0) is 29.8 Å². The van der Waals surface area contributed by atoms with Crippen LogP contribution in [0.3, 0.4) is 0 Å². The molecular weight excluding hydrogens is 321 g/mol. The second-order valence-electron chi connectivity index (χ2n) is 5.31. The highest BCUT2D eigenvalue weighted by molar-refractivity contribution is 6.31. The molecule has 0 saturated heterocycles. The first kappa shape index (κ1) is 15.6. The lowest BCUT2D eigenvalue weighted by molar-refractivity contribution is -0.129. The number of rotatable bonds is 4. The van der Waals surface area contributed by atoms with Crippen molar-refractivity contribution in [2.24, 2.45) is 0 Å². The minimum absolute atomic E-state index is 0.0768. The molecule has 1 amide bonds. The number of ether oxygens (including phenoxy) is 2. The summed E-state index contributed by atoms with van der Waals surface area (Å²) in [5.74, 6) is 0.679. The zero-order valence-electron chi connectivity index (χ0n) is 12.5. The van der Waals surface area contributed by atoms with Gasteiger partial charge in [0.1, 0.15) is 5.82 Å². The highest BCUT2D eigenvalue weighted by Gasteiger charge is 2.17. The molecule has 3 rings (SSSR count). The van der Waals surface area contributed by atoms with Crippen LogP contribution in [0.1, 0.15) is 11.1 Å². The number of halogens is 2. The molecular formula is C17H15ClFNO3. The number of carbonyl (C=O) groups is 1. The van der Waals surface area contributed by atoms with E-state index in [-0.39, 0.29) is 29.7 Å². The van der Waals surface area contributed by atoms with E-state index in [1.807, 2.05) is 18.2 Å². The standard InChI is InChI=1S/C17H15ClFNO3/c1-20(9-11-5-6-15-16(7-11)23-10-22-15)17(21)8-12-13(18)3-2-4-14(12)19/h2-7H,8-10H2,1H3. The molecule has 2 aromatic carbocycles. The number of likely N-dealkylation sites (N-methyl/N-ethyl adjacent to an activating group) is 1. The first-order valence-corrected chi connectivity index (χ1v) is 7.48. The molecule has 0 spiro atoms. The van der Waals surface area contributed by atoms with Crippen molar-refractivity contribution in [2.45, 2.75) is 13.0 Å². The predicted octanol–water partition coefficient (Wildman–Crippen LogP) is 3.41. The lowest BCUT2D eigenvalue weighted by atomic mass is 10.1. The average Bonchev–Trinajstić information content (AvgIpc) is 2.98. The number of amides is 1. The van der Waals surface area contributed by atoms with E-state index in [1.54, 1.807) is 13.1 Å². The fourth-order valence-corrected chi connectivity index (χ4v) is 2.62. The molecule has 120 valence electrons. The van der Waals surface area contributed by atoms with Crippen LogP contribution in [0.15, 0.2) is 36.4 Å². The van der Waals surface area contributed by atoms with Crippen molar-refractivity contribution >= 4 is 17.5 Å². The molecule has 4 nitrogen and oxygen atoms in total. The molecule has 0 radical (unpaired) electrons. The lowest BCUT2D eigenvalue weighted by Gasteiger charge is -2.18. The van der Waals surface area contributed by atoms with Gasteiger partial charge in [0.25, 0.3) is 0 Å². The normalized spacial score (nSPS) is 12.3. The average molecular weight is 336 g/mol. The Bertz CT molecular complexity index is 730. The molecule has 0 bridgehead atoms. The third-order valence-corrected chi connectivity index (χ3v) is 4.03. The smallest absolute Gasteiger partial charge is 0.231 e. The first-order valence-electron chi connectivity index (χ1n) is 7.10. The Balaban J connectivity index is 1.68. The molecule has 2 aromatic rings. The third kappa shape index (κ3) is 3.40. The predicted molar refractivity (Wildman–Crippen MR) is 84.2 cm³/mol. The minimum atomic E-state index is -0.470. The van der Waals surface area contributed by atoms with Gasteiger partial charge in [0, 0.05) is 24.2 Å². The highest BCUT2D eigenvalue weighted by atomic mass is 35.5. The second-order valence-corrected chi connectivity index (χ2v) is 5.72. The summed E-state index contributed by atoms with van der Waals surface area (Å²) < 4.78 is 24.3. The maximum atomic E-state index is 13.8. The van der Waals surface area contributed by atoms with Gasteiger partial charge in [-0.25, -0.2) is 4.39 Å². The van der Waals surface area contributed by atoms with Crippen LogP contribution in [0, 0.1) is 5.82 Å². The Labute approximate surface area is 138 Å². The Morgan fingerprint density at radius 3 is 2.83 bits per heavy atom. The topological polar surface area (TPSA) is 38.8 Å². The van der Waals surface area contributed by atoms with Crippen molar-refractivity contribution < 1.29 is 18.7 Å². The van der Waals surface area contributed by atoms with Crippen LogP contribution in [0.4, 0.5) is 4.39 Å². The summed E-state index contributed by atoms with van der Waals surface area (Å²) in [5, 5.41) is 0.259. The van der Waals surface area contributed by atoms with Gasteiger partial charge in [0.15, 0.2) is 11.5 Å². The van der Waals surface area contributed by atoms with Crippen LogP contribution < -0.4 is 9.47 Å². The first-order chi connectivity index (χ1) is 11.0. The number of hydrogen-bond donors (Lipinski definition) is 0. The van der Waals surface area contributed by atoms with Gasteiger partial charge in [-0.2, -0.15) is 0 Å². The van der Waals surface area contributed by atoms with Crippen molar-refractivity contribution in [1.82, 2.24) is 4.90 Å². The van der Waals surface area contributed by atoms with Crippen LogP contribution in [0.2, 0.25) is 5.02 Å².